The Morgan fingerprint density at radius 1 is 1.47 bits per heavy atom. The highest BCUT2D eigenvalue weighted by Crippen LogP contribution is 2.45. The van der Waals surface area contributed by atoms with E-state index in [4.69, 9.17) is 4.74 Å². The number of carbonyl (C=O) groups is 2. The summed E-state index contributed by atoms with van der Waals surface area (Å²) in [6, 6.07) is 0. The van der Waals surface area contributed by atoms with E-state index >= 15 is 0 Å². The van der Waals surface area contributed by atoms with Gasteiger partial charge in [0, 0.05) is 5.33 Å². The van der Waals surface area contributed by atoms with Gasteiger partial charge in [0.25, 0.3) is 0 Å². The second-order valence-corrected chi connectivity index (χ2v) is 6.49. The molecule has 0 bridgehead atoms. The van der Waals surface area contributed by atoms with Crippen molar-refractivity contribution in [2.24, 2.45) is 11.8 Å². The van der Waals surface area contributed by atoms with E-state index in [9.17, 15) is 9.59 Å². The largest absolute Gasteiger partial charge is 0.457 e. The molecule has 2 saturated heterocycles. The standard InChI is InChI=1S/C14H18BrNO3/c15-7-6-10-11-14(13(18)19-11,16-12(10)17)8-9-4-2-1-3-5-9/h2,4,9-11H,1,3,5-8H2,(H,16,17). The zero-order valence-electron chi connectivity index (χ0n) is 10.7. The van der Waals surface area contributed by atoms with Crippen LogP contribution in [-0.4, -0.2) is 28.8 Å². The molecule has 3 aliphatic rings. The van der Waals surface area contributed by atoms with Gasteiger partial charge in [-0.15, -0.1) is 0 Å². The van der Waals surface area contributed by atoms with E-state index in [-0.39, 0.29) is 23.9 Å². The molecule has 1 aliphatic carbocycles. The zero-order valence-corrected chi connectivity index (χ0v) is 12.3. The molecule has 4 unspecified atom stereocenters. The van der Waals surface area contributed by atoms with Crippen LogP contribution in [0.4, 0.5) is 0 Å². The maximum absolute atomic E-state index is 12.0. The Morgan fingerprint density at radius 3 is 2.95 bits per heavy atom. The quantitative estimate of drug-likeness (QED) is 0.487. The van der Waals surface area contributed by atoms with Crippen molar-refractivity contribution in [3.63, 3.8) is 0 Å². The number of hydrogen-bond acceptors (Lipinski definition) is 3. The SMILES string of the molecule is O=C1NC2(CC3C=CCCC3)C(=O)OC2C1CCBr. The van der Waals surface area contributed by atoms with Crippen LogP contribution in [0, 0.1) is 11.8 Å². The van der Waals surface area contributed by atoms with Crippen LogP contribution in [0.5, 0.6) is 0 Å². The van der Waals surface area contributed by atoms with Crippen LogP contribution in [0.15, 0.2) is 12.2 Å². The lowest BCUT2D eigenvalue weighted by atomic mass is 9.75. The fraction of sp³-hybridized carbons (Fsp3) is 0.714. The molecule has 0 radical (unpaired) electrons. The van der Waals surface area contributed by atoms with Gasteiger partial charge in [-0.3, -0.25) is 4.79 Å². The van der Waals surface area contributed by atoms with Gasteiger partial charge in [0.2, 0.25) is 5.91 Å². The molecule has 4 atom stereocenters. The summed E-state index contributed by atoms with van der Waals surface area (Å²) in [6.45, 7) is 0. The van der Waals surface area contributed by atoms with Gasteiger partial charge in [-0.2, -0.15) is 0 Å². The molecular formula is C14H18BrNO3. The molecule has 4 nitrogen and oxygen atoms in total. The number of esters is 1. The number of carbonyl (C=O) groups excluding carboxylic acids is 2. The molecule has 0 saturated carbocycles. The third-order valence-corrected chi connectivity index (χ3v) is 4.95. The first kappa shape index (κ1) is 13.2. The van der Waals surface area contributed by atoms with Gasteiger partial charge in [-0.1, -0.05) is 28.1 Å². The Balaban J connectivity index is 1.77. The number of amides is 1. The van der Waals surface area contributed by atoms with Crippen molar-refractivity contribution in [3.8, 4) is 0 Å². The first-order chi connectivity index (χ1) is 9.17. The summed E-state index contributed by atoms with van der Waals surface area (Å²) in [7, 11) is 0. The molecule has 3 rings (SSSR count). The smallest absolute Gasteiger partial charge is 0.336 e. The minimum absolute atomic E-state index is 0.0323. The summed E-state index contributed by atoms with van der Waals surface area (Å²) in [5.41, 5.74) is -0.740. The number of nitrogens with one attached hydrogen (secondary N) is 1. The Labute approximate surface area is 121 Å². The summed E-state index contributed by atoms with van der Waals surface area (Å²) in [6.07, 6.45) is 8.88. The predicted octanol–water partition coefficient (Wildman–Crippen LogP) is 1.93. The number of fused-ring (bicyclic) bond motifs is 1. The summed E-state index contributed by atoms with van der Waals surface area (Å²) < 4.78 is 5.28. The zero-order chi connectivity index (χ0) is 13.5. The summed E-state index contributed by atoms with van der Waals surface area (Å²) in [4.78, 5) is 24.0. The molecule has 5 heteroatoms. The van der Waals surface area contributed by atoms with Crippen molar-refractivity contribution >= 4 is 27.8 Å². The fourth-order valence-electron chi connectivity index (χ4n) is 3.49. The van der Waals surface area contributed by atoms with E-state index in [0.29, 0.717) is 18.8 Å². The van der Waals surface area contributed by atoms with Gasteiger partial charge in [0.15, 0.2) is 5.54 Å². The van der Waals surface area contributed by atoms with Crippen LogP contribution < -0.4 is 5.32 Å². The fourth-order valence-corrected chi connectivity index (χ4v) is 3.99. The average Bonchev–Trinajstić information content (AvgIpc) is 2.62. The van der Waals surface area contributed by atoms with E-state index < -0.39 is 5.54 Å². The van der Waals surface area contributed by atoms with Crippen LogP contribution >= 0.6 is 15.9 Å². The van der Waals surface area contributed by atoms with E-state index in [0.717, 1.165) is 24.6 Å². The first-order valence-electron chi connectivity index (χ1n) is 6.93. The third-order valence-electron chi connectivity index (χ3n) is 4.49. The summed E-state index contributed by atoms with van der Waals surface area (Å²) in [5.74, 6) is -0.0891. The van der Waals surface area contributed by atoms with Crippen LogP contribution in [0.25, 0.3) is 0 Å². The Hall–Kier alpha value is -0.840. The highest BCUT2D eigenvalue weighted by Gasteiger charge is 2.67. The molecule has 0 aromatic rings. The maximum Gasteiger partial charge on any atom is 0.336 e. The Morgan fingerprint density at radius 2 is 2.32 bits per heavy atom. The number of rotatable bonds is 4. The molecule has 104 valence electrons. The molecular weight excluding hydrogens is 310 g/mol. The van der Waals surface area contributed by atoms with Crippen LogP contribution in [-0.2, 0) is 14.3 Å². The molecule has 2 fully saturated rings. The minimum atomic E-state index is -0.740. The highest BCUT2D eigenvalue weighted by molar-refractivity contribution is 9.09. The molecule has 0 spiro atoms. The molecule has 1 amide bonds. The predicted molar refractivity (Wildman–Crippen MR) is 73.8 cm³/mol. The van der Waals surface area contributed by atoms with Gasteiger partial charge >= 0.3 is 5.97 Å². The van der Waals surface area contributed by atoms with Gasteiger partial charge < -0.3 is 10.1 Å². The summed E-state index contributed by atoms with van der Waals surface area (Å²) >= 11 is 3.36. The van der Waals surface area contributed by atoms with Crippen molar-refractivity contribution < 1.29 is 14.3 Å². The molecule has 1 N–H and O–H groups in total. The molecule has 0 aromatic heterocycles. The van der Waals surface area contributed by atoms with Crippen molar-refractivity contribution in [1.29, 1.82) is 0 Å². The normalized spacial score (nSPS) is 40.4. The van der Waals surface area contributed by atoms with Gasteiger partial charge in [-0.05, 0) is 38.0 Å². The van der Waals surface area contributed by atoms with E-state index in [2.05, 4.69) is 33.4 Å². The van der Waals surface area contributed by atoms with E-state index in [1.807, 2.05) is 0 Å². The van der Waals surface area contributed by atoms with Crippen LogP contribution in [0.2, 0.25) is 0 Å². The second kappa shape index (κ2) is 4.93. The second-order valence-electron chi connectivity index (χ2n) is 5.69. The number of halogens is 1. The molecule has 19 heavy (non-hydrogen) atoms. The van der Waals surface area contributed by atoms with Crippen LogP contribution in [0.3, 0.4) is 0 Å². The van der Waals surface area contributed by atoms with Crippen molar-refractivity contribution in [2.75, 3.05) is 5.33 Å². The average molecular weight is 328 g/mol. The third kappa shape index (κ3) is 2.02. The molecule has 2 heterocycles. The van der Waals surface area contributed by atoms with Gasteiger partial charge in [-0.25, -0.2) is 4.79 Å². The van der Waals surface area contributed by atoms with Crippen molar-refractivity contribution in [2.45, 2.75) is 43.7 Å². The van der Waals surface area contributed by atoms with Crippen molar-refractivity contribution in [1.82, 2.24) is 5.32 Å². The lowest BCUT2D eigenvalue weighted by Crippen LogP contribution is -2.67. The number of allylic oxidation sites excluding steroid dienone is 2. The highest BCUT2D eigenvalue weighted by atomic mass is 79.9. The van der Waals surface area contributed by atoms with Gasteiger partial charge in [0.05, 0.1) is 5.92 Å². The first-order valence-corrected chi connectivity index (χ1v) is 8.05. The van der Waals surface area contributed by atoms with E-state index in [1.165, 1.54) is 0 Å². The summed E-state index contributed by atoms with van der Waals surface area (Å²) in [5, 5.41) is 3.68. The lowest BCUT2D eigenvalue weighted by molar-refractivity contribution is -0.193. The lowest BCUT2D eigenvalue weighted by Gasteiger charge is -2.44. The van der Waals surface area contributed by atoms with Crippen molar-refractivity contribution in [3.05, 3.63) is 12.2 Å². The minimum Gasteiger partial charge on any atom is -0.457 e. The Bertz CT molecular complexity index is 436. The number of ether oxygens (including phenoxy) is 1. The monoisotopic (exact) mass is 327 g/mol. The number of hydrogen-bond donors (Lipinski definition) is 1. The van der Waals surface area contributed by atoms with Gasteiger partial charge in [0.1, 0.15) is 6.10 Å². The van der Waals surface area contributed by atoms with Crippen LogP contribution in [0.1, 0.15) is 32.1 Å². The Kier molecular flexibility index (Phi) is 3.41. The van der Waals surface area contributed by atoms with E-state index in [1.54, 1.807) is 0 Å². The topological polar surface area (TPSA) is 55.4 Å². The molecule has 2 aliphatic heterocycles. The maximum atomic E-state index is 12.0. The molecule has 0 aromatic carbocycles. The number of alkyl halides is 1.